The Morgan fingerprint density at radius 1 is 1.32 bits per heavy atom. The predicted molar refractivity (Wildman–Crippen MR) is 73.5 cm³/mol. The minimum Gasteiger partial charge on any atom is -0.478 e. The van der Waals surface area contributed by atoms with Crippen LogP contribution in [0.25, 0.3) is 0 Å². The van der Waals surface area contributed by atoms with E-state index >= 15 is 0 Å². The Hall–Kier alpha value is -1.46. The monoisotopic (exact) mass is 305 g/mol. The maximum atomic E-state index is 11.8. The number of benzene rings is 1. The van der Waals surface area contributed by atoms with E-state index < -0.39 is 12.1 Å². The fourth-order valence-electron chi connectivity index (χ4n) is 1.56. The van der Waals surface area contributed by atoms with Gasteiger partial charge in [0.05, 0.1) is 27.9 Å². The number of carbonyl (C=O) groups excluding carboxylic acids is 1. The van der Waals surface area contributed by atoms with Gasteiger partial charge in [-0.15, -0.1) is 0 Å². The van der Waals surface area contributed by atoms with Gasteiger partial charge >= 0.3 is 12.1 Å². The number of ether oxygens (including phenoxy) is 1. The summed E-state index contributed by atoms with van der Waals surface area (Å²) in [6.07, 6.45) is -0.670. The third-order valence-corrected chi connectivity index (χ3v) is 3.17. The third kappa shape index (κ3) is 3.30. The number of hydrogen-bond donors (Lipinski definition) is 1. The van der Waals surface area contributed by atoms with Gasteiger partial charge in [-0.1, -0.05) is 23.2 Å². The standard InChI is InChI=1S/C12H13Cl2NO4/c1-3-15(12(18)19-4-2)10-7(11(16)17)5-6-8(13)9(10)14/h5-6H,3-4H2,1-2H3,(H,16,17). The smallest absolute Gasteiger partial charge is 0.414 e. The summed E-state index contributed by atoms with van der Waals surface area (Å²) in [5, 5.41) is 9.34. The largest absolute Gasteiger partial charge is 0.478 e. The Labute approximate surface area is 120 Å². The summed E-state index contributed by atoms with van der Waals surface area (Å²) in [5.41, 5.74) is -0.0630. The summed E-state index contributed by atoms with van der Waals surface area (Å²) in [5.74, 6) is -1.20. The molecule has 0 aromatic heterocycles. The number of nitrogens with zero attached hydrogens (tertiary/aromatic N) is 1. The Bertz CT molecular complexity index is 505. The molecule has 0 aliphatic heterocycles. The molecular formula is C12H13Cl2NO4. The lowest BCUT2D eigenvalue weighted by Gasteiger charge is -2.23. The molecule has 1 rings (SSSR count). The molecule has 0 heterocycles. The van der Waals surface area contributed by atoms with Gasteiger partial charge in [0.1, 0.15) is 0 Å². The molecule has 1 amide bonds. The van der Waals surface area contributed by atoms with Crippen LogP contribution < -0.4 is 4.90 Å². The maximum absolute atomic E-state index is 11.8. The first-order valence-electron chi connectivity index (χ1n) is 5.59. The highest BCUT2D eigenvalue weighted by Crippen LogP contribution is 2.36. The number of amides is 1. The fraction of sp³-hybridized carbons (Fsp3) is 0.333. The highest BCUT2D eigenvalue weighted by molar-refractivity contribution is 6.44. The number of carboxylic acids is 1. The summed E-state index contributed by atoms with van der Waals surface area (Å²) in [6.45, 7) is 3.72. The van der Waals surface area contributed by atoms with Crippen LogP contribution in [0.2, 0.25) is 10.0 Å². The van der Waals surface area contributed by atoms with Crippen molar-refractivity contribution in [2.75, 3.05) is 18.1 Å². The van der Waals surface area contributed by atoms with Gasteiger partial charge in [-0.25, -0.2) is 9.59 Å². The van der Waals surface area contributed by atoms with Gasteiger partial charge in [-0.2, -0.15) is 0 Å². The third-order valence-electron chi connectivity index (χ3n) is 2.37. The number of halogens is 2. The zero-order valence-electron chi connectivity index (χ0n) is 10.4. The van der Waals surface area contributed by atoms with Crippen LogP contribution in [0, 0.1) is 0 Å². The van der Waals surface area contributed by atoms with E-state index in [1.165, 1.54) is 12.1 Å². The van der Waals surface area contributed by atoms with Gasteiger partial charge in [0.2, 0.25) is 0 Å². The van der Waals surface area contributed by atoms with E-state index in [0.717, 1.165) is 4.90 Å². The zero-order valence-corrected chi connectivity index (χ0v) is 12.0. The molecule has 0 unspecified atom stereocenters. The van der Waals surface area contributed by atoms with Crippen LogP contribution in [-0.2, 0) is 4.74 Å². The van der Waals surface area contributed by atoms with Gasteiger partial charge in [-0.05, 0) is 26.0 Å². The molecule has 0 aliphatic carbocycles. The lowest BCUT2D eigenvalue weighted by molar-refractivity contribution is 0.0697. The molecule has 0 aliphatic rings. The second-order valence-electron chi connectivity index (χ2n) is 3.51. The molecule has 7 heteroatoms. The van der Waals surface area contributed by atoms with Gasteiger partial charge in [-0.3, -0.25) is 4.90 Å². The molecule has 0 fully saturated rings. The van der Waals surface area contributed by atoms with E-state index in [9.17, 15) is 9.59 Å². The van der Waals surface area contributed by atoms with Crippen LogP contribution in [0.5, 0.6) is 0 Å². The molecule has 0 atom stereocenters. The average molecular weight is 306 g/mol. The summed E-state index contributed by atoms with van der Waals surface area (Å²) in [4.78, 5) is 24.2. The van der Waals surface area contributed by atoms with Gasteiger partial charge in [0, 0.05) is 6.54 Å². The van der Waals surface area contributed by atoms with Crippen molar-refractivity contribution in [2.45, 2.75) is 13.8 Å². The number of hydrogen-bond acceptors (Lipinski definition) is 3. The Morgan fingerprint density at radius 2 is 1.95 bits per heavy atom. The summed E-state index contributed by atoms with van der Waals surface area (Å²) >= 11 is 11.9. The number of aromatic carboxylic acids is 1. The molecule has 104 valence electrons. The lowest BCUT2D eigenvalue weighted by atomic mass is 10.1. The van der Waals surface area contributed by atoms with Gasteiger partial charge in [0.25, 0.3) is 0 Å². The molecule has 5 nitrogen and oxygen atoms in total. The van der Waals surface area contributed by atoms with Crippen LogP contribution in [0.4, 0.5) is 10.5 Å². The predicted octanol–water partition coefficient (Wildman–Crippen LogP) is 3.67. The second-order valence-corrected chi connectivity index (χ2v) is 4.29. The Kier molecular flexibility index (Phi) is 5.44. The quantitative estimate of drug-likeness (QED) is 0.921. The SMILES string of the molecule is CCOC(=O)N(CC)c1c(C(=O)O)ccc(Cl)c1Cl. The van der Waals surface area contributed by atoms with Crippen LogP contribution in [0.3, 0.4) is 0 Å². The normalized spacial score (nSPS) is 10.1. The number of rotatable bonds is 4. The second kappa shape index (κ2) is 6.63. The van der Waals surface area contributed by atoms with Gasteiger partial charge < -0.3 is 9.84 Å². The fourth-order valence-corrected chi connectivity index (χ4v) is 1.98. The van der Waals surface area contributed by atoms with E-state index in [1.54, 1.807) is 13.8 Å². The Balaban J connectivity index is 3.40. The maximum Gasteiger partial charge on any atom is 0.414 e. The van der Waals surface area contributed by atoms with E-state index in [0.29, 0.717) is 0 Å². The van der Waals surface area contributed by atoms with Crippen molar-refractivity contribution in [2.24, 2.45) is 0 Å². The Morgan fingerprint density at radius 3 is 2.42 bits per heavy atom. The number of carbonyl (C=O) groups is 2. The molecule has 0 saturated carbocycles. The highest BCUT2D eigenvalue weighted by Gasteiger charge is 2.25. The number of anilines is 1. The molecule has 1 N–H and O–H groups in total. The van der Waals surface area contributed by atoms with Crippen molar-refractivity contribution in [3.63, 3.8) is 0 Å². The van der Waals surface area contributed by atoms with Crippen molar-refractivity contribution in [3.05, 3.63) is 27.7 Å². The van der Waals surface area contributed by atoms with E-state index in [2.05, 4.69) is 0 Å². The molecule has 19 heavy (non-hydrogen) atoms. The average Bonchev–Trinajstić information content (AvgIpc) is 2.35. The van der Waals surface area contributed by atoms with Crippen molar-refractivity contribution in [3.8, 4) is 0 Å². The molecule has 0 bridgehead atoms. The molecule has 0 saturated heterocycles. The van der Waals surface area contributed by atoms with Crippen molar-refractivity contribution in [1.82, 2.24) is 0 Å². The van der Waals surface area contributed by atoms with E-state index in [1.807, 2.05) is 0 Å². The molecule has 0 spiro atoms. The summed E-state index contributed by atoms with van der Waals surface area (Å²) < 4.78 is 4.87. The number of carboxylic acid groups (broad SMARTS) is 1. The molecule has 1 aromatic rings. The molecule has 1 aromatic carbocycles. The summed E-state index contributed by atoms with van der Waals surface area (Å²) in [6, 6.07) is 2.67. The highest BCUT2D eigenvalue weighted by atomic mass is 35.5. The van der Waals surface area contributed by atoms with Crippen LogP contribution >= 0.6 is 23.2 Å². The molecular weight excluding hydrogens is 293 g/mol. The van der Waals surface area contributed by atoms with E-state index in [4.69, 9.17) is 33.0 Å². The minimum atomic E-state index is -1.20. The zero-order chi connectivity index (χ0) is 14.6. The van der Waals surface area contributed by atoms with Gasteiger partial charge in [0.15, 0.2) is 0 Å². The van der Waals surface area contributed by atoms with Crippen molar-refractivity contribution < 1.29 is 19.4 Å². The first-order chi connectivity index (χ1) is 8.93. The van der Waals surface area contributed by atoms with Crippen LogP contribution in [0.1, 0.15) is 24.2 Å². The van der Waals surface area contributed by atoms with Crippen molar-refractivity contribution >= 4 is 41.0 Å². The summed E-state index contributed by atoms with van der Waals surface area (Å²) in [7, 11) is 0. The van der Waals surface area contributed by atoms with Crippen molar-refractivity contribution in [1.29, 1.82) is 0 Å². The topological polar surface area (TPSA) is 66.8 Å². The van der Waals surface area contributed by atoms with E-state index in [-0.39, 0.29) is 34.4 Å². The van der Waals surface area contributed by atoms with Crippen LogP contribution in [0.15, 0.2) is 12.1 Å². The molecule has 0 radical (unpaired) electrons. The first kappa shape index (κ1) is 15.6. The lowest BCUT2D eigenvalue weighted by Crippen LogP contribution is -2.33. The van der Waals surface area contributed by atoms with Crippen LogP contribution in [-0.4, -0.2) is 30.3 Å². The first-order valence-corrected chi connectivity index (χ1v) is 6.35. The minimum absolute atomic E-state index is 0.0106.